The van der Waals surface area contributed by atoms with Crippen LogP contribution < -0.4 is 9.92 Å². The van der Waals surface area contributed by atoms with E-state index in [1.165, 1.54) is 10.8 Å². The molecule has 1 rings (SSSR count). The molecule has 3 heteroatoms. The molecule has 0 aliphatic carbocycles. The Balaban J connectivity index is 3.18. The summed E-state index contributed by atoms with van der Waals surface area (Å²) in [5, 5.41) is 1.39. The molecule has 1 aromatic carbocycles. The van der Waals surface area contributed by atoms with Crippen molar-refractivity contribution in [3.63, 3.8) is 0 Å². The Labute approximate surface area is 144 Å². The average Bonchev–Trinajstić information content (AvgIpc) is 2.35. The van der Waals surface area contributed by atoms with E-state index in [1.807, 2.05) is 6.92 Å². The Morgan fingerprint density at radius 1 is 1.00 bits per heavy atom. The molecule has 0 fully saturated rings. The van der Waals surface area contributed by atoms with Crippen LogP contribution in [-0.4, -0.2) is 21.5 Å². The highest BCUT2D eigenvalue weighted by molar-refractivity contribution is 6.89. The van der Waals surface area contributed by atoms with Gasteiger partial charge in [0.15, 0.2) is 6.79 Å². The van der Waals surface area contributed by atoms with Gasteiger partial charge in [-0.25, -0.2) is 0 Å². The standard InChI is InChI=1S/C20H36O2Si/c1-10-21-15-22-17-12-11-16(13-18(17)23(7,8)9)20(5,6)14-19(2,3)4/h11-13H,10,14-15H2,1-9H3. The molecule has 1 aromatic rings. The molecule has 23 heavy (non-hydrogen) atoms. The molecule has 0 radical (unpaired) electrons. The summed E-state index contributed by atoms with van der Waals surface area (Å²) in [5.74, 6) is 0.993. The molecule has 0 aliphatic heterocycles. The van der Waals surface area contributed by atoms with Crippen LogP contribution in [-0.2, 0) is 10.2 Å². The van der Waals surface area contributed by atoms with Crippen molar-refractivity contribution >= 4 is 13.3 Å². The maximum Gasteiger partial charge on any atom is 0.189 e. The monoisotopic (exact) mass is 336 g/mol. The second kappa shape index (κ2) is 7.39. The fourth-order valence-corrected chi connectivity index (χ4v) is 4.76. The van der Waals surface area contributed by atoms with Crippen molar-refractivity contribution in [3.8, 4) is 5.75 Å². The summed E-state index contributed by atoms with van der Waals surface area (Å²) in [6.45, 7) is 21.8. The third kappa shape index (κ3) is 6.31. The van der Waals surface area contributed by atoms with Crippen molar-refractivity contribution in [3.05, 3.63) is 23.8 Å². The predicted molar refractivity (Wildman–Crippen MR) is 104 cm³/mol. The first kappa shape index (κ1) is 20.2. The van der Waals surface area contributed by atoms with E-state index < -0.39 is 8.07 Å². The fourth-order valence-electron chi connectivity index (χ4n) is 3.28. The third-order valence-electron chi connectivity index (χ3n) is 4.04. The Bertz CT molecular complexity index is 507. The Morgan fingerprint density at radius 2 is 1.61 bits per heavy atom. The molecule has 132 valence electrons. The fraction of sp³-hybridized carbons (Fsp3) is 0.700. The third-order valence-corrected chi connectivity index (χ3v) is 6.05. The minimum Gasteiger partial charge on any atom is -0.468 e. The van der Waals surface area contributed by atoms with E-state index in [4.69, 9.17) is 9.47 Å². The van der Waals surface area contributed by atoms with Crippen molar-refractivity contribution in [2.75, 3.05) is 13.4 Å². The van der Waals surface area contributed by atoms with E-state index in [2.05, 4.69) is 72.5 Å². The van der Waals surface area contributed by atoms with E-state index in [1.54, 1.807) is 0 Å². The SMILES string of the molecule is CCOCOc1ccc(C(C)(C)CC(C)(C)C)cc1[Si](C)(C)C. The largest absolute Gasteiger partial charge is 0.468 e. The van der Waals surface area contributed by atoms with Crippen LogP contribution in [0.3, 0.4) is 0 Å². The number of hydrogen-bond donors (Lipinski definition) is 0. The van der Waals surface area contributed by atoms with E-state index in [9.17, 15) is 0 Å². The van der Waals surface area contributed by atoms with Gasteiger partial charge in [0.2, 0.25) is 0 Å². The van der Waals surface area contributed by atoms with E-state index in [-0.39, 0.29) is 5.41 Å². The number of ether oxygens (including phenoxy) is 2. The van der Waals surface area contributed by atoms with Crippen molar-refractivity contribution < 1.29 is 9.47 Å². The van der Waals surface area contributed by atoms with Crippen LogP contribution in [0.5, 0.6) is 5.75 Å². The highest BCUT2D eigenvalue weighted by atomic mass is 28.3. The second-order valence-corrected chi connectivity index (χ2v) is 14.4. The zero-order valence-electron chi connectivity index (χ0n) is 16.7. The zero-order valence-corrected chi connectivity index (χ0v) is 17.7. The van der Waals surface area contributed by atoms with Crippen molar-refractivity contribution in [1.82, 2.24) is 0 Å². The lowest BCUT2D eigenvalue weighted by Crippen LogP contribution is -2.40. The average molecular weight is 337 g/mol. The van der Waals surface area contributed by atoms with Crippen LogP contribution >= 0.6 is 0 Å². The van der Waals surface area contributed by atoms with Gasteiger partial charge < -0.3 is 9.47 Å². The molecule has 0 atom stereocenters. The summed E-state index contributed by atoms with van der Waals surface area (Å²) in [4.78, 5) is 0. The molecule has 0 saturated carbocycles. The lowest BCUT2D eigenvalue weighted by Gasteiger charge is -2.34. The van der Waals surface area contributed by atoms with E-state index in [0.29, 0.717) is 18.8 Å². The van der Waals surface area contributed by atoms with Crippen LogP contribution in [0.2, 0.25) is 19.6 Å². The van der Waals surface area contributed by atoms with Gasteiger partial charge in [0.25, 0.3) is 0 Å². The molecule has 0 amide bonds. The van der Waals surface area contributed by atoms with Gasteiger partial charge in [0.05, 0.1) is 8.07 Å². The smallest absolute Gasteiger partial charge is 0.189 e. The van der Waals surface area contributed by atoms with Crippen LogP contribution in [0.1, 0.15) is 53.5 Å². The van der Waals surface area contributed by atoms with Gasteiger partial charge in [-0.3, -0.25) is 0 Å². The van der Waals surface area contributed by atoms with Crippen molar-refractivity contribution in [2.45, 2.75) is 73.0 Å². The van der Waals surface area contributed by atoms with Crippen LogP contribution in [0.4, 0.5) is 0 Å². The Morgan fingerprint density at radius 3 is 2.09 bits per heavy atom. The summed E-state index contributed by atoms with van der Waals surface area (Å²) < 4.78 is 11.2. The summed E-state index contributed by atoms with van der Waals surface area (Å²) in [7, 11) is -1.49. The zero-order chi connectivity index (χ0) is 17.9. The van der Waals surface area contributed by atoms with Crippen molar-refractivity contribution in [2.24, 2.45) is 5.41 Å². The first-order chi connectivity index (χ1) is 10.4. The molecule has 0 aromatic heterocycles. The maximum absolute atomic E-state index is 5.89. The highest BCUT2D eigenvalue weighted by Gasteiger charge is 2.30. The predicted octanol–water partition coefficient (Wildman–Crippen LogP) is 5.32. The van der Waals surface area contributed by atoms with Crippen LogP contribution in [0.25, 0.3) is 0 Å². The summed E-state index contributed by atoms with van der Waals surface area (Å²) >= 11 is 0. The molecule has 0 bridgehead atoms. The number of rotatable bonds is 7. The van der Waals surface area contributed by atoms with Gasteiger partial charge in [-0.2, -0.15) is 0 Å². The minimum atomic E-state index is -1.49. The lowest BCUT2D eigenvalue weighted by molar-refractivity contribution is 0.0230. The molecular formula is C20H36O2Si. The van der Waals surface area contributed by atoms with Gasteiger partial charge in [-0.15, -0.1) is 0 Å². The van der Waals surface area contributed by atoms with Gasteiger partial charge in [0.1, 0.15) is 5.75 Å². The lowest BCUT2D eigenvalue weighted by atomic mass is 9.72. The Kier molecular flexibility index (Phi) is 6.51. The van der Waals surface area contributed by atoms with Gasteiger partial charge in [-0.1, -0.05) is 66.4 Å². The molecule has 0 heterocycles. The topological polar surface area (TPSA) is 18.5 Å². The summed E-state index contributed by atoms with van der Waals surface area (Å²) in [5.41, 5.74) is 1.88. The van der Waals surface area contributed by atoms with Gasteiger partial charge in [-0.05, 0) is 41.0 Å². The first-order valence-corrected chi connectivity index (χ1v) is 12.2. The second-order valence-electron chi connectivity index (χ2n) is 9.34. The van der Waals surface area contributed by atoms with Crippen LogP contribution in [0, 0.1) is 5.41 Å². The van der Waals surface area contributed by atoms with Crippen molar-refractivity contribution in [1.29, 1.82) is 0 Å². The molecule has 0 saturated heterocycles. The molecule has 0 aliphatic rings. The quantitative estimate of drug-likeness (QED) is 0.381. The molecule has 2 nitrogen and oxygen atoms in total. The van der Waals surface area contributed by atoms with Gasteiger partial charge in [0, 0.05) is 6.61 Å². The van der Waals surface area contributed by atoms with E-state index in [0.717, 1.165) is 12.2 Å². The molecular weight excluding hydrogens is 300 g/mol. The first-order valence-electron chi connectivity index (χ1n) is 8.72. The van der Waals surface area contributed by atoms with Gasteiger partial charge >= 0.3 is 0 Å². The minimum absolute atomic E-state index is 0.158. The summed E-state index contributed by atoms with van der Waals surface area (Å²) in [6.07, 6.45) is 1.16. The van der Waals surface area contributed by atoms with Crippen LogP contribution in [0.15, 0.2) is 18.2 Å². The number of hydrogen-bond acceptors (Lipinski definition) is 2. The highest BCUT2D eigenvalue weighted by Crippen LogP contribution is 2.36. The molecule has 0 spiro atoms. The van der Waals surface area contributed by atoms with E-state index >= 15 is 0 Å². The molecule has 0 N–H and O–H groups in total. The Hall–Kier alpha value is -0.803. The normalized spacial score (nSPS) is 13.3. The summed E-state index contributed by atoms with van der Waals surface area (Å²) in [6, 6.07) is 6.77. The molecule has 0 unspecified atom stereocenters. The maximum atomic E-state index is 5.89. The number of benzene rings is 1.